The number of amides is 1. The van der Waals surface area contributed by atoms with Gasteiger partial charge in [0.2, 0.25) is 0 Å². The minimum atomic E-state index is 0.0104. The third-order valence-electron chi connectivity index (χ3n) is 5.79. The summed E-state index contributed by atoms with van der Waals surface area (Å²) in [7, 11) is 0. The molecule has 0 atom stereocenters. The summed E-state index contributed by atoms with van der Waals surface area (Å²) in [6.07, 6.45) is 2.35. The Hall–Kier alpha value is -2.42. The van der Waals surface area contributed by atoms with E-state index in [0.29, 0.717) is 18.0 Å². The smallest absolute Gasteiger partial charge is 0.260 e. The van der Waals surface area contributed by atoms with Crippen molar-refractivity contribution >= 4 is 29.0 Å². The third-order valence-corrected chi connectivity index (χ3v) is 6.92. The van der Waals surface area contributed by atoms with Gasteiger partial charge in [-0.1, -0.05) is 29.8 Å². The molecule has 5 rings (SSSR count). The molecular weight excluding hydrogens is 368 g/mol. The fourth-order valence-corrected chi connectivity index (χ4v) is 5.40. The maximum absolute atomic E-state index is 13.2. The lowest BCUT2D eigenvalue weighted by Gasteiger charge is -2.53. The van der Waals surface area contributed by atoms with Crippen LogP contribution in [0.5, 0.6) is 0 Å². The third kappa shape index (κ3) is 2.97. The van der Waals surface area contributed by atoms with Crippen molar-refractivity contribution in [3.63, 3.8) is 0 Å². The summed E-state index contributed by atoms with van der Waals surface area (Å²) in [4.78, 5) is 17.0. The van der Waals surface area contributed by atoms with Crippen LogP contribution < -0.4 is 10.2 Å². The van der Waals surface area contributed by atoms with Crippen molar-refractivity contribution in [2.24, 2.45) is 5.41 Å². The van der Waals surface area contributed by atoms with Crippen molar-refractivity contribution in [2.45, 2.75) is 35.6 Å². The Balaban J connectivity index is 1.45. The van der Waals surface area contributed by atoms with Crippen LogP contribution in [0.15, 0.2) is 52.3 Å². The van der Waals surface area contributed by atoms with E-state index in [2.05, 4.69) is 29.3 Å². The molecule has 1 saturated heterocycles. The number of carbonyl (C=O) groups excluding carboxylic acids is 1. The van der Waals surface area contributed by atoms with Crippen LogP contribution in [0.2, 0.25) is 0 Å². The predicted molar refractivity (Wildman–Crippen MR) is 112 cm³/mol. The van der Waals surface area contributed by atoms with Gasteiger partial charge >= 0.3 is 0 Å². The van der Waals surface area contributed by atoms with Crippen LogP contribution in [0.4, 0.5) is 11.4 Å². The van der Waals surface area contributed by atoms with Crippen LogP contribution in [0.25, 0.3) is 0 Å². The second kappa shape index (κ2) is 6.88. The van der Waals surface area contributed by atoms with Crippen LogP contribution in [0.1, 0.15) is 30.1 Å². The first-order valence-electron chi connectivity index (χ1n) is 9.64. The van der Waals surface area contributed by atoms with Gasteiger partial charge in [0, 0.05) is 26.9 Å². The lowest BCUT2D eigenvalue weighted by Crippen LogP contribution is -2.56. The number of ether oxygens (including phenoxy) is 1. The Kier molecular flexibility index (Phi) is 4.34. The zero-order chi connectivity index (χ0) is 19.1. The molecule has 0 aromatic heterocycles. The molecule has 0 unspecified atom stereocenters. The first-order valence-corrected chi connectivity index (χ1v) is 10.5. The molecule has 142 valence electrons. The van der Waals surface area contributed by atoms with Gasteiger partial charge in [0.25, 0.3) is 5.91 Å². The average molecular weight is 391 g/mol. The van der Waals surface area contributed by atoms with Crippen LogP contribution in [0, 0.1) is 17.3 Å². The number of nitrogens with one attached hydrogen (secondary N) is 1. The van der Waals surface area contributed by atoms with Crippen molar-refractivity contribution in [1.82, 2.24) is 0 Å². The SMILES string of the molecule is CC#CCN1C(=O)c2ccccc2Sc2cc(NC3CC4(COC4)C3)ccc21. The quantitative estimate of drug-likeness (QED) is 0.788. The Morgan fingerprint density at radius 3 is 2.79 bits per heavy atom. The second-order valence-electron chi connectivity index (χ2n) is 7.84. The Labute approximate surface area is 169 Å². The number of benzene rings is 2. The summed E-state index contributed by atoms with van der Waals surface area (Å²) < 4.78 is 5.37. The van der Waals surface area contributed by atoms with Crippen molar-refractivity contribution in [2.75, 3.05) is 30.0 Å². The first-order chi connectivity index (χ1) is 13.7. The molecule has 5 heteroatoms. The van der Waals surface area contributed by atoms with E-state index in [-0.39, 0.29) is 5.91 Å². The van der Waals surface area contributed by atoms with E-state index in [4.69, 9.17) is 4.74 Å². The Morgan fingerprint density at radius 2 is 2.04 bits per heavy atom. The van der Waals surface area contributed by atoms with Crippen molar-refractivity contribution in [3.05, 3.63) is 48.0 Å². The van der Waals surface area contributed by atoms with E-state index in [1.54, 1.807) is 23.6 Å². The topological polar surface area (TPSA) is 41.6 Å². The molecule has 2 fully saturated rings. The summed E-state index contributed by atoms with van der Waals surface area (Å²) in [6, 6.07) is 14.6. The highest BCUT2D eigenvalue weighted by Crippen LogP contribution is 2.48. The normalized spacial score (nSPS) is 19.5. The molecule has 4 nitrogen and oxygen atoms in total. The molecule has 0 bridgehead atoms. The van der Waals surface area contributed by atoms with Crippen LogP contribution in [-0.4, -0.2) is 31.7 Å². The minimum Gasteiger partial charge on any atom is -0.382 e. The van der Waals surface area contributed by atoms with Crippen LogP contribution >= 0.6 is 11.8 Å². The number of hydrogen-bond donors (Lipinski definition) is 1. The molecule has 1 spiro atoms. The summed E-state index contributed by atoms with van der Waals surface area (Å²) in [5.41, 5.74) is 3.22. The number of anilines is 2. The van der Waals surface area contributed by atoms with Gasteiger partial charge in [0.15, 0.2) is 0 Å². The lowest BCUT2D eigenvalue weighted by molar-refractivity contribution is -0.159. The molecule has 28 heavy (non-hydrogen) atoms. The Morgan fingerprint density at radius 1 is 1.21 bits per heavy atom. The summed E-state index contributed by atoms with van der Waals surface area (Å²) >= 11 is 1.66. The largest absolute Gasteiger partial charge is 0.382 e. The van der Waals surface area contributed by atoms with Gasteiger partial charge in [-0.05, 0) is 50.1 Å². The van der Waals surface area contributed by atoms with Gasteiger partial charge in [0.05, 0.1) is 31.0 Å². The number of rotatable bonds is 3. The zero-order valence-corrected chi connectivity index (χ0v) is 16.6. The van der Waals surface area contributed by atoms with Crippen LogP contribution in [0.3, 0.4) is 0 Å². The minimum absolute atomic E-state index is 0.0104. The second-order valence-corrected chi connectivity index (χ2v) is 8.92. The molecule has 2 aliphatic heterocycles. The Bertz CT molecular complexity index is 995. The van der Waals surface area contributed by atoms with Crippen molar-refractivity contribution < 1.29 is 9.53 Å². The number of nitrogens with zero attached hydrogens (tertiary/aromatic N) is 1. The van der Waals surface area contributed by atoms with Gasteiger partial charge in [-0.15, -0.1) is 5.92 Å². The highest BCUT2D eigenvalue weighted by molar-refractivity contribution is 7.99. The van der Waals surface area contributed by atoms with E-state index >= 15 is 0 Å². The molecule has 2 aromatic carbocycles. The first kappa shape index (κ1) is 17.7. The summed E-state index contributed by atoms with van der Waals surface area (Å²) in [5.74, 6) is 5.97. The maximum atomic E-state index is 13.2. The van der Waals surface area contributed by atoms with E-state index in [1.165, 1.54) is 12.8 Å². The van der Waals surface area contributed by atoms with Gasteiger partial charge < -0.3 is 10.1 Å². The molecule has 1 saturated carbocycles. The van der Waals surface area contributed by atoms with E-state index in [1.807, 2.05) is 30.3 Å². The lowest BCUT2D eigenvalue weighted by atomic mass is 9.64. The monoisotopic (exact) mass is 390 g/mol. The molecule has 0 radical (unpaired) electrons. The van der Waals surface area contributed by atoms with E-state index in [0.717, 1.165) is 39.9 Å². The standard InChI is InChI=1S/C23H22N2O2S/c1-2-3-10-25-19-9-8-16(24-17-12-23(13-17)14-27-15-23)11-21(19)28-20-7-5-4-6-18(20)22(25)26/h4-9,11,17,24H,10,12-15H2,1H3. The summed E-state index contributed by atoms with van der Waals surface area (Å²) in [5, 5.41) is 3.67. The molecule has 1 amide bonds. The van der Waals surface area contributed by atoms with Crippen LogP contribution in [-0.2, 0) is 4.74 Å². The zero-order valence-electron chi connectivity index (χ0n) is 15.8. The highest BCUT2D eigenvalue weighted by atomic mass is 32.2. The van der Waals surface area contributed by atoms with Gasteiger partial charge in [-0.2, -0.15) is 0 Å². The van der Waals surface area contributed by atoms with Crippen molar-refractivity contribution in [1.29, 1.82) is 0 Å². The molecular formula is C23H22N2O2S. The van der Waals surface area contributed by atoms with Crippen molar-refractivity contribution in [3.8, 4) is 11.8 Å². The van der Waals surface area contributed by atoms with Gasteiger partial charge in [0.1, 0.15) is 0 Å². The number of carbonyl (C=O) groups is 1. The predicted octanol–water partition coefficient (Wildman–Crippen LogP) is 4.41. The summed E-state index contributed by atoms with van der Waals surface area (Å²) in [6.45, 7) is 4.03. The fraction of sp³-hybridized carbons (Fsp3) is 0.348. The maximum Gasteiger partial charge on any atom is 0.260 e. The molecule has 3 aliphatic rings. The highest BCUT2D eigenvalue weighted by Gasteiger charge is 2.49. The number of hydrogen-bond acceptors (Lipinski definition) is 4. The molecule has 2 heterocycles. The molecule has 1 N–H and O–H groups in total. The average Bonchev–Trinajstić information content (AvgIpc) is 2.75. The van der Waals surface area contributed by atoms with Gasteiger partial charge in [-0.3, -0.25) is 9.69 Å². The molecule has 2 aromatic rings. The van der Waals surface area contributed by atoms with Gasteiger partial charge in [-0.25, -0.2) is 0 Å². The fourth-order valence-electron chi connectivity index (χ4n) is 4.28. The molecule has 1 aliphatic carbocycles. The van der Waals surface area contributed by atoms with E-state index in [9.17, 15) is 4.79 Å². The number of fused-ring (bicyclic) bond motifs is 2. The van der Waals surface area contributed by atoms with E-state index < -0.39 is 0 Å².